The summed E-state index contributed by atoms with van der Waals surface area (Å²) in [5, 5.41) is 3.08. The van der Waals surface area contributed by atoms with Gasteiger partial charge in [0, 0.05) is 11.0 Å². The van der Waals surface area contributed by atoms with Crippen LogP contribution >= 0.6 is 15.9 Å². The van der Waals surface area contributed by atoms with Gasteiger partial charge in [-0.3, -0.25) is 4.79 Å². The predicted octanol–water partition coefficient (Wildman–Crippen LogP) is 4.31. The van der Waals surface area contributed by atoms with E-state index in [-0.39, 0.29) is 5.91 Å². The van der Waals surface area contributed by atoms with Crippen molar-refractivity contribution in [3.63, 3.8) is 0 Å². The smallest absolute Gasteiger partial charge is 0.252 e. The lowest BCUT2D eigenvalue weighted by molar-refractivity contribution is 0.0940. The Balaban J connectivity index is 1.90. The second kappa shape index (κ2) is 6.56. The molecule has 1 aliphatic rings. The number of rotatable bonds is 3. The molecule has 104 valence electrons. The summed E-state index contributed by atoms with van der Waals surface area (Å²) in [6, 6.07) is 5.85. The molecule has 2 nitrogen and oxygen atoms in total. The summed E-state index contributed by atoms with van der Waals surface area (Å²) in [6.07, 6.45) is 5.14. The highest BCUT2D eigenvalue weighted by atomic mass is 79.9. The first kappa shape index (κ1) is 14.6. The number of hydrogen-bond acceptors (Lipinski definition) is 1. The van der Waals surface area contributed by atoms with Crippen molar-refractivity contribution in [3.8, 4) is 0 Å². The molecule has 1 N–H and O–H groups in total. The van der Waals surface area contributed by atoms with Gasteiger partial charge in [0.2, 0.25) is 0 Å². The van der Waals surface area contributed by atoms with Crippen LogP contribution < -0.4 is 5.32 Å². The Bertz CT molecular complexity index is 458. The number of hydrogen-bond donors (Lipinski definition) is 1. The standard InChI is InChI=1S/C16H22BrNO/c1-11-4-3-5-13(8-11)10-18-16(19)14-7-6-12(2)9-15(14)17/h6-7,9,11,13H,3-5,8,10H2,1-2H3,(H,18,19). The minimum atomic E-state index is 0.0325. The van der Waals surface area contributed by atoms with Gasteiger partial charge >= 0.3 is 0 Å². The zero-order valence-electron chi connectivity index (χ0n) is 11.7. The third-order valence-corrected chi connectivity index (χ3v) is 4.62. The Morgan fingerprint density at radius 2 is 2.21 bits per heavy atom. The number of carbonyl (C=O) groups is 1. The SMILES string of the molecule is Cc1ccc(C(=O)NCC2CCCC(C)C2)c(Br)c1. The maximum Gasteiger partial charge on any atom is 0.252 e. The number of aryl methyl sites for hydroxylation is 1. The molecule has 3 heteroatoms. The van der Waals surface area contributed by atoms with Crippen molar-refractivity contribution in [3.05, 3.63) is 33.8 Å². The van der Waals surface area contributed by atoms with Gasteiger partial charge in [-0.25, -0.2) is 0 Å². The van der Waals surface area contributed by atoms with Crippen molar-refractivity contribution in [2.24, 2.45) is 11.8 Å². The fraction of sp³-hybridized carbons (Fsp3) is 0.562. The molecule has 1 aliphatic carbocycles. The fourth-order valence-corrected chi connectivity index (χ4v) is 3.55. The van der Waals surface area contributed by atoms with Crippen LogP contribution in [-0.2, 0) is 0 Å². The lowest BCUT2D eigenvalue weighted by Crippen LogP contribution is -2.31. The van der Waals surface area contributed by atoms with Gasteiger partial charge in [0.25, 0.3) is 5.91 Å². The number of amides is 1. The summed E-state index contributed by atoms with van der Waals surface area (Å²) in [5.41, 5.74) is 1.89. The van der Waals surface area contributed by atoms with Crippen molar-refractivity contribution < 1.29 is 4.79 Å². The number of carbonyl (C=O) groups excluding carboxylic acids is 1. The van der Waals surface area contributed by atoms with E-state index in [1.54, 1.807) is 0 Å². The minimum Gasteiger partial charge on any atom is -0.352 e. The Morgan fingerprint density at radius 1 is 1.42 bits per heavy atom. The third kappa shape index (κ3) is 4.07. The minimum absolute atomic E-state index is 0.0325. The number of benzene rings is 1. The van der Waals surface area contributed by atoms with Crippen molar-refractivity contribution in [2.75, 3.05) is 6.54 Å². The van der Waals surface area contributed by atoms with E-state index in [1.807, 2.05) is 25.1 Å². The average Bonchev–Trinajstić information content (AvgIpc) is 2.36. The lowest BCUT2D eigenvalue weighted by Gasteiger charge is -2.26. The van der Waals surface area contributed by atoms with E-state index in [0.29, 0.717) is 5.92 Å². The van der Waals surface area contributed by atoms with E-state index >= 15 is 0 Å². The highest BCUT2D eigenvalue weighted by Gasteiger charge is 2.19. The fourth-order valence-electron chi connectivity index (χ4n) is 2.88. The van der Waals surface area contributed by atoms with Crippen molar-refractivity contribution >= 4 is 21.8 Å². The van der Waals surface area contributed by atoms with Crippen LogP contribution in [0.3, 0.4) is 0 Å². The Hall–Kier alpha value is -0.830. The van der Waals surface area contributed by atoms with Crippen molar-refractivity contribution in [1.29, 1.82) is 0 Å². The van der Waals surface area contributed by atoms with Gasteiger partial charge in [0.05, 0.1) is 5.56 Å². The van der Waals surface area contributed by atoms with E-state index < -0.39 is 0 Å². The zero-order valence-corrected chi connectivity index (χ0v) is 13.3. The van der Waals surface area contributed by atoms with Crippen LogP contribution in [0.2, 0.25) is 0 Å². The molecule has 0 radical (unpaired) electrons. The molecule has 0 spiro atoms. The van der Waals surface area contributed by atoms with E-state index in [4.69, 9.17) is 0 Å². The van der Waals surface area contributed by atoms with E-state index in [1.165, 1.54) is 25.7 Å². The second-order valence-electron chi connectivity index (χ2n) is 5.83. The zero-order chi connectivity index (χ0) is 13.8. The first-order valence-corrected chi connectivity index (χ1v) is 7.90. The predicted molar refractivity (Wildman–Crippen MR) is 82.3 cm³/mol. The van der Waals surface area contributed by atoms with Crippen LogP contribution in [0.15, 0.2) is 22.7 Å². The molecule has 2 rings (SSSR count). The maximum absolute atomic E-state index is 12.2. The largest absolute Gasteiger partial charge is 0.352 e. The molecule has 1 aromatic carbocycles. The highest BCUT2D eigenvalue weighted by molar-refractivity contribution is 9.10. The molecule has 0 heterocycles. The van der Waals surface area contributed by atoms with Gasteiger partial charge in [0.15, 0.2) is 0 Å². The molecule has 1 aromatic rings. The second-order valence-corrected chi connectivity index (χ2v) is 6.69. The number of halogens is 1. The molecular weight excluding hydrogens is 302 g/mol. The van der Waals surface area contributed by atoms with Crippen LogP contribution in [0.4, 0.5) is 0 Å². The summed E-state index contributed by atoms with van der Waals surface area (Å²) in [5.74, 6) is 1.49. The van der Waals surface area contributed by atoms with Crippen LogP contribution in [0.25, 0.3) is 0 Å². The molecular formula is C16H22BrNO. The molecule has 2 unspecified atom stereocenters. The van der Waals surface area contributed by atoms with Crippen LogP contribution in [0, 0.1) is 18.8 Å². The molecule has 19 heavy (non-hydrogen) atoms. The lowest BCUT2D eigenvalue weighted by atomic mass is 9.82. The normalized spacial score (nSPS) is 23.1. The van der Waals surface area contributed by atoms with Gasteiger partial charge < -0.3 is 5.32 Å². The van der Waals surface area contributed by atoms with Gasteiger partial charge in [-0.05, 0) is 65.2 Å². The van der Waals surface area contributed by atoms with Gasteiger partial charge in [0.1, 0.15) is 0 Å². The Labute approximate surface area is 124 Å². The van der Waals surface area contributed by atoms with Crippen molar-refractivity contribution in [1.82, 2.24) is 5.32 Å². The molecule has 1 amide bonds. The van der Waals surface area contributed by atoms with Gasteiger partial charge in [-0.15, -0.1) is 0 Å². The topological polar surface area (TPSA) is 29.1 Å². The Morgan fingerprint density at radius 3 is 2.89 bits per heavy atom. The van der Waals surface area contributed by atoms with Gasteiger partial charge in [-0.1, -0.05) is 25.8 Å². The summed E-state index contributed by atoms with van der Waals surface area (Å²) in [4.78, 5) is 12.2. The monoisotopic (exact) mass is 323 g/mol. The van der Waals surface area contributed by atoms with E-state index in [0.717, 1.165) is 28.1 Å². The summed E-state index contributed by atoms with van der Waals surface area (Å²) >= 11 is 3.46. The average molecular weight is 324 g/mol. The molecule has 0 aliphatic heterocycles. The Kier molecular flexibility index (Phi) is 5.03. The van der Waals surface area contributed by atoms with Crippen LogP contribution in [-0.4, -0.2) is 12.5 Å². The third-order valence-electron chi connectivity index (χ3n) is 3.97. The highest BCUT2D eigenvalue weighted by Crippen LogP contribution is 2.28. The molecule has 1 fully saturated rings. The van der Waals surface area contributed by atoms with E-state index in [2.05, 4.69) is 28.2 Å². The molecule has 1 saturated carbocycles. The molecule has 0 bridgehead atoms. The maximum atomic E-state index is 12.2. The molecule has 0 saturated heterocycles. The summed E-state index contributed by atoms with van der Waals surface area (Å²) in [7, 11) is 0. The molecule has 2 atom stereocenters. The van der Waals surface area contributed by atoms with Gasteiger partial charge in [-0.2, -0.15) is 0 Å². The quantitative estimate of drug-likeness (QED) is 0.882. The molecule has 0 aromatic heterocycles. The summed E-state index contributed by atoms with van der Waals surface area (Å²) in [6.45, 7) is 5.14. The first-order chi connectivity index (χ1) is 9.06. The van der Waals surface area contributed by atoms with E-state index in [9.17, 15) is 4.79 Å². The van der Waals surface area contributed by atoms with Crippen LogP contribution in [0.1, 0.15) is 48.5 Å². The summed E-state index contributed by atoms with van der Waals surface area (Å²) < 4.78 is 0.877. The number of nitrogens with one attached hydrogen (secondary N) is 1. The van der Waals surface area contributed by atoms with Crippen molar-refractivity contribution in [2.45, 2.75) is 39.5 Å². The van der Waals surface area contributed by atoms with Crippen LogP contribution in [0.5, 0.6) is 0 Å². The first-order valence-electron chi connectivity index (χ1n) is 7.10.